The Labute approximate surface area is 115 Å². The Morgan fingerprint density at radius 2 is 1.79 bits per heavy atom. The SMILES string of the molecule is C=CC=C1c2ccccc2[Si](C)(C)c2ccncc21. The number of aromatic nitrogens is 1. The third kappa shape index (κ3) is 1.71. The molecule has 0 unspecified atom stereocenters. The highest BCUT2D eigenvalue weighted by molar-refractivity contribution is 7.02. The minimum absolute atomic E-state index is 1.25. The van der Waals surface area contributed by atoms with Gasteiger partial charge in [-0.1, -0.05) is 56.1 Å². The molecule has 1 aliphatic rings. The molecule has 0 atom stereocenters. The molecule has 0 amide bonds. The van der Waals surface area contributed by atoms with Crippen molar-refractivity contribution in [3.05, 3.63) is 72.6 Å². The van der Waals surface area contributed by atoms with Gasteiger partial charge in [0.05, 0.1) is 0 Å². The predicted molar refractivity (Wildman–Crippen MR) is 84.7 cm³/mol. The largest absolute Gasteiger partial charge is 0.264 e. The fourth-order valence-electron chi connectivity index (χ4n) is 3.00. The summed E-state index contributed by atoms with van der Waals surface area (Å²) >= 11 is 0. The van der Waals surface area contributed by atoms with E-state index in [1.165, 1.54) is 27.1 Å². The van der Waals surface area contributed by atoms with Gasteiger partial charge in [0.15, 0.2) is 0 Å². The molecule has 0 saturated heterocycles. The summed E-state index contributed by atoms with van der Waals surface area (Å²) < 4.78 is 0. The van der Waals surface area contributed by atoms with Crippen LogP contribution in [0.4, 0.5) is 0 Å². The number of hydrogen-bond donors (Lipinski definition) is 0. The van der Waals surface area contributed by atoms with E-state index in [1.54, 1.807) is 0 Å². The molecule has 19 heavy (non-hydrogen) atoms. The first-order chi connectivity index (χ1) is 9.16. The Morgan fingerprint density at radius 1 is 1.05 bits per heavy atom. The lowest BCUT2D eigenvalue weighted by Crippen LogP contribution is -2.57. The molecule has 0 bridgehead atoms. The van der Waals surface area contributed by atoms with Gasteiger partial charge < -0.3 is 0 Å². The Hall–Kier alpha value is -1.93. The molecule has 94 valence electrons. The van der Waals surface area contributed by atoms with Crippen LogP contribution in [0.2, 0.25) is 13.1 Å². The van der Waals surface area contributed by atoms with E-state index in [-0.39, 0.29) is 0 Å². The summed E-state index contributed by atoms with van der Waals surface area (Å²) in [4.78, 5) is 4.32. The first-order valence-electron chi connectivity index (χ1n) is 6.53. The van der Waals surface area contributed by atoms with Gasteiger partial charge in [0, 0.05) is 18.0 Å². The molecule has 0 saturated carbocycles. The maximum atomic E-state index is 4.32. The number of fused-ring (bicyclic) bond motifs is 2. The molecule has 1 aromatic carbocycles. The van der Waals surface area contributed by atoms with Gasteiger partial charge in [-0.2, -0.15) is 0 Å². The highest BCUT2D eigenvalue weighted by Crippen LogP contribution is 2.28. The Kier molecular flexibility index (Phi) is 2.75. The summed E-state index contributed by atoms with van der Waals surface area (Å²) in [5.41, 5.74) is 3.87. The van der Waals surface area contributed by atoms with Crippen LogP contribution in [-0.4, -0.2) is 13.1 Å². The van der Waals surface area contributed by atoms with Gasteiger partial charge in [-0.3, -0.25) is 4.98 Å². The maximum absolute atomic E-state index is 4.32. The molecule has 1 nitrogen and oxygen atoms in total. The van der Waals surface area contributed by atoms with E-state index >= 15 is 0 Å². The van der Waals surface area contributed by atoms with Gasteiger partial charge in [0.2, 0.25) is 0 Å². The van der Waals surface area contributed by atoms with E-state index in [2.05, 4.69) is 61.1 Å². The smallest absolute Gasteiger partial charge is 0.113 e. The first kappa shape index (κ1) is 12.1. The topological polar surface area (TPSA) is 12.9 Å². The molecule has 1 aliphatic heterocycles. The van der Waals surface area contributed by atoms with Gasteiger partial charge >= 0.3 is 0 Å². The van der Waals surface area contributed by atoms with E-state index in [4.69, 9.17) is 0 Å². The molecule has 3 rings (SSSR count). The number of pyridine rings is 1. The van der Waals surface area contributed by atoms with Crippen molar-refractivity contribution in [2.75, 3.05) is 0 Å². The fraction of sp³-hybridized carbons (Fsp3) is 0.118. The first-order valence-corrected chi connectivity index (χ1v) is 9.53. The lowest BCUT2D eigenvalue weighted by atomic mass is 9.98. The number of allylic oxidation sites excluding steroid dienone is 2. The second kappa shape index (κ2) is 4.32. The Morgan fingerprint density at radius 3 is 2.58 bits per heavy atom. The zero-order valence-electron chi connectivity index (χ0n) is 11.4. The van der Waals surface area contributed by atoms with Gasteiger partial charge in [-0.05, 0) is 27.6 Å². The van der Waals surface area contributed by atoms with Gasteiger partial charge in [-0.15, -0.1) is 0 Å². The summed E-state index contributed by atoms with van der Waals surface area (Å²) in [5.74, 6) is 0. The number of benzene rings is 1. The normalized spacial score (nSPS) is 17.7. The minimum atomic E-state index is -1.62. The van der Waals surface area contributed by atoms with Crippen molar-refractivity contribution in [3.8, 4) is 0 Å². The third-order valence-corrected chi connectivity index (χ3v) is 7.53. The lowest BCUT2D eigenvalue weighted by molar-refractivity contribution is 1.31. The van der Waals surface area contributed by atoms with E-state index in [0.29, 0.717) is 0 Å². The standard InChI is InChI=1S/C17H17NSi/c1-4-7-13-14-8-5-6-9-16(14)19(2,3)17-10-11-18-12-15(13)17/h4-12H,1H2,2-3H3. The predicted octanol–water partition coefficient (Wildman–Crippen LogP) is 2.84. The van der Waals surface area contributed by atoms with E-state index < -0.39 is 8.07 Å². The molecule has 0 fully saturated rings. The van der Waals surface area contributed by atoms with Crippen LogP contribution in [0.25, 0.3) is 5.57 Å². The van der Waals surface area contributed by atoms with Gasteiger partial charge in [-0.25, -0.2) is 0 Å². The second-order valence-electron chi connectivity index (χ2n) is 5.41. The minimum Gasteiger partial charge on any atom is -0.264 e. The Bertz CT molecular complexity index is 632. The van der Waals surface area contributed by atoms with Crippen molar-refractivity contribution in [2.45, 2.75) is 13.1 Å². The van der Waals surface area contributed by atoms with Crippen molar-refractivity contribution < 1.29 is 0 Å². The molecule has 2 aromatic rings. The number of hydrogen-bond acceptors (Lipinski definition) is 1. The molecular weight excluding hydrogens is 246 g/mol. The fourth-order valence-corrected chi connectivity index (χ4v) is 6.06. The number of nitrogens with zero attached hydrogens (tertiary/aromatic N) is 1. The monoisotopic (exact) mass is 263 g/mol. The molecular formula is C17H17NSi. The summed E-state index contributed by atoms with van der Waals surface area (Å²) in [6, 6.07) is 10.9. The highest BCUT2D eigenvalue weighted by Gasteiger charge is 2.36. The average Bonchev–Trinajstić information content (AvgIpc) is 2.44. The molecule has 0 aliphatic carbocycles. The van der Waals surface area contributed by atoms with Crippen molar-refractivity contribution >= 4 is 24.0 Å². The summed E-state index contributed by atoms with van der Waals surface area (Å²) in [6.07, 6.45) is 7.87. The summed E-state index contributed by atoms with van der Waals surface area (Å²) in [6.45, 7) is 8.68. The van der Waals surface area contributed by atoms with Gasteiger partial charge in [0.1, 0.15) is 8.07 Å². The maximum Gasteiger partial charge on any atom is 0.113 e. The Balaban J connectivity index is 2.40. The molecule has 1 aromatic heterocycles. The van der Waals surface area contributed by atoms with Crippen LogP contribution in [0, 0.1) is 0 Å². The van der Waals surface area contributed by atoms with Crippen molar-refractivity contribution in [1.29, 1.82) is 0 Å². The van der Waals surface area contributed by atoms with Crippen LogP contribution < -0.4 is 10.4 Å². The van der Waals surface area contributed by atoms with Crippen LogP contribution in [-0.2, 0) is 0 Å². The zero-order chi connectivity index (χ0) is 13.5. The quantitative estimate of drug-likeness (QED) is 0.721. The molecule has 0 N–H and O–H groups in total. The van der Waals surface area contributed by atoms with E-state index in [1.807, 2.05) is 18.5 Å². The average molecular weight is 263 g/mol. The summed E-state index contributed by atoms with van der Waals surface area (Å²) in [7, 11) is -1.62. The van der Waals surface area contributed by atoms with Crippen LogP contribution in [0.5, 0.6) is 0 Å². The second-order valence-corrected chi connectivity index (χ2v) is 9.74. The zero-order valence-corrected chi connectivity index (χ0v) is 12.4. The lowest BCUT2D eigenvalue weighted by Gasteiger charge is -2.34. The van der Waals surface area contributed by atoms with Crippen LogP contribution in [0.15, 0.2) is 61.5 Å². The number of rotatable bonds is 1. The van der Waals surface area contributed by atoms with Crippen molar-refractivity contribution in [2.24, 2.45) is 0 Å². The van der Waals surface area contributed by atoms with Crippen LogP contribution in [0.1, 0.15) is 11.1 Å². The molecule has 2 heteroatoms. The molecule has 0 radical (unpaired) electrons. The highest BCUT2D eigenvalue weighted by atomic mass is 28.3. The summed E-state index contributed by atoms with van der Waals surface area (Å²) in [5, 5.41) is 2.97. The third-order valence-electron chi connectivity index (χ3n) is 3.96. The van der Waals surface area contributed by atoms with Crippen molar-refractivity contribution in [3.63, 3.8) is 0 Å². The molecule has 0 spiro atoms. The van der Waals surface area contributed by atoms with Crippen LogP contribution >= 0.6 is 0 Å². The van der Waals surface area contributed by atoms with E-state index in [9.17, 15) is 0 Å². The molecule has 2 heterocycles. The van der Waals surface area contributed by atoms with E-state index in [0.717, 1.165) is 0 Å². The van der Waals surface area contributed by atoms with Crippen molar-refractivity contribution in [1.82, 2.24) is 4.98 Å². The van der Waals surface area contributed by atoms with Gasteiger partial charge in [0.25, 0.3) is 0 Å². The van der Waals surface area contributed by atoms with Crippen LogP contribution in [0.3, 0.4) is 0 Å².